The molecule has 0 aliphatic heterocycles. The molecule has 2 N–H and O–H groups in total. The Morgan fingerprint density at radius 2 is 1.95 bits per heavy atom. The van der Waals surface area contributed by atoms with E-state index in [9.17, 15) is 9.59 Å². The fourth-order valence-electron chi connectivity index (χ4n) is 2.35. The van der Waals surface area contributed by atoms with Crippen LogP contribution in [0.25, 0.3) is 0 Å². The lowest BCUT2D eigenvalue weighted by atomic mass is 9.94. The monoisotopic (exact) mass is 302 g/mol. The number of allylic oxidation sites excluding steroid dienone is 2. The summed E-state index contributed by atoms with van der Waals surface area (Å²) in [6.45, 7) is 0.458. The first-order chi connectivity index (χ1) is 10.7. The van der Waals surface area contributed by atoms with Crippen LogP contribution < -0.4 is 15.4 Å². The van der Waals surface area contributed by atoms with Crippen LogP contribution in [0.4, 0.5) is 0 Å². The van der Waals surface area contributed by atoms with Crippen LogP contribution in [-0.4, -0.2) is 25.5 Å². The van der Waals surface area contributed by atoms with Gasteiger partial charge in [0, 0.05) is 12.5 Å². The maximum atomic E-state index is 11.9. The molecule has 0 saturated carbocycles. The molecule has 5 heteroatoms. The fourth-order valence-corrected chi connectivity index (χ4v) is 2.35. The van der Waals surface area contributed by atoms with Crippen molar-refractivity contribution < 1.29 is 14.3 Å². The molecule has 1 aromatic carbocycles. The van der Waals surface area contributed by atoms with E-state index in [1.807, 2.05) is 30.3 Å². The average Bonchev–Trinajstić information content (AvgIpc) is 2.59. The summed E-state index contributed by atoms with van der Waals surface area (Å²) in [6.07, 6.45) is 6.67. The third-order valence-corrected chi connectivity index (χ3v) is 3.71. The van der Waals surface area contributed by atoms with Gasteiger partial charge >= 0.3 is 0 Å². The minimum atomic E-state index is -0.185. The lowest BCUT2D eigenvalue weighted by Crippen LogP contribution is -2.39. The van der Waals surface area contributed by atoms with Crippen molar-refractivity contribution >= 4 is 11.8 Å². The van der Waals surface area contributed by atoms with Crippen LogP contribution in [0.1, 0.15) is 24.8 Å². The predicted octanol–water partition coefficient (Wildman–Crippen LogP) is 1.78. The van der Waals surface area contributed by atoms with Gasteiger partial charge < -0.3 is 15.4 Å². The zero-order valence-corrected chi connectivity index (χ0v) is 12.8. The number of methoxy groups -OCH3 is 1. The van der Waals surface area contributed by atoms with E-state index in [4.69, 9.17) is 4.74 Å². The maximum Gasteiger partial charge on any atom is 0.239 e. The standard InChI is InChI=1S/C17H22N2O3/c1-22-15-9-7-13(8-10-15)11-18-16(20)12-19-17(21)14-5-3-2-4-6-14/h2-3,7-10,14H,4-6,11-12H2,1H3,(H,18,20)(H,19,21)/t14-/m0/s1. The molecule has 22 heavy (non-hydrogen) atoms. The number of rotatable bonds is 6. The van der Waals surface area contributed by atoms with Gasteiger partial charge in [0.1, 0.15) is 5.75 Å². The van der Waals surface area contributed by atoms with E-state index in [-0.39, 0.29) is 24.3 Å². The Morgan fingerprint density at radius 1 is 1.18 bits per heavy atom. The maximum absolute atomic E-state index is 11.9. The molecule has 0 radical (unpaired) electrons. The van der Waals surface area contributed by atoms with Crippen LogP contribution in [0.2, 0.25) is 0 Å². The molecule has 0 bridgehead atoms. The first-order valence-corrected chi connectivity index (χ1v) is 7.51. The second-order valence-corrected chi connectivity index (χ2v) is 5.32. The third kappa shape index (κ3) is 4.91. The van der Waals surface area contributed by atoms with Gasteiger partial charge in [-0.05, 0) is 37.0 Å². The molecule has 0 saturated heterocycles. The Hall–Kier alpha value is -2.30. The number of carbonyl (C=O) groups excluding carboxylic acids is 2. The fraction of sp³-hybridized carbons (Fsp3) is 0.412. The summed E-state index contributed by atoms with van der Waals surface area (Å²) < 4.78 is 5.08. The molecule has 5 nitrogen and oxygen atoms in total. The Morgan fingerprint density at radius 3 is 2.59 bits per heavy atom. The molecule has 2 rings (SSSR count). The highest BCUT2D eigenvalue weighted by molar-refractivity contribution is 5.85. The number of hydrogen-bond acceptors (Lipinski definition) is 3. The van der Waals surface area contributed by atoms with E-state index in [1.54, 1.807) is 7.11 Å². The van der Waals surface area contributed by atoms with Gasteiger partial charge in [0.2, 0.25) is 11.8 Å². The summed E-state index contributed by atoms with van der Waals surface area (Å²) in [7, 11) is 1.61. The average molecular weight is 302 g/mol. The van der Waals surface area contributed by atoms with Crippen LogP contribution in [0.5, 0.6) is 5.75 Å². The van der Waals surface area contributed by atoms with Gasteiger partial charge in [-0.25, -0.2) is 0 Å². The third-order valence-electron chi connectivity index (χ3n) is 3.71. The first kappa shape index (κ1) is 16.1. The molecule has 1 atom stereocenters. The highest BCUT2D eigenvalue weighted by atomic mass is 16.5. The molecule has 0 aromatic heterocycles. The zero-order valence-electron chi connectivity index (χ0n) is 12.8. The minimum Gasteiger partial charge on any atom is -0.497 e. The minimum absolute atomic E-state index is 0.000566. The van der Waals surface area contributed by atoms with E-state index >= 15 is 0 Å². The van der Waals surface area contributed by atoms with Crippen LogP contribution in [-0.2, 0) is 16.1 Å². The molecular formula is C17H22N2O3. The van der Waals surface area contributed by atoms with Gasteiger partial charge in [-0.2, -0.15) is 0 Å². The van der Waals surface area contributed by atoms with Crippen molar-refractivity contribution in [3.8, 4) is 5.75 Å². The Labute approximate surface area is 130 Å². The van der Waals surface area contributed by atoms with Gasteiger partial charge in [0.15, 0.2) is 0 Å². The molecule has 0 spiro atoms. The summed E-state index contributed by atoms with van der Waals surface area (Å²) in [5, 5.41) is 5.49. The molecule has 1 aliphatic rings. The Kier molecular flexibility index (Phi) is 6.01. The summed E-state index contributed by atoms with van der Waals surface area (Å²) in [5.74, 6) is 0.558. The normalized spacial score (nSPS) is 16.9. The largest absolute Gasteiger partial charge is 0.497 e. The summed E-state index contributed by atoms with van der Waals surface area (Å²) in [6, 6.07) is 7.48. The Balaban J connectivity index is 1.68. The highest BCUT2D eigenvalue weighted by Crippen LogP contribution is 2.17. The predicted molar refractivity (Wildman–Crippen MR) is 84.3 cm³/mol. The van der Waals surface area contributed by atoms with Crippen molar-refractivity contribution in [3.05, 3.63) is 42.0 Å². The van der Waals surface area contributed by atoms with Crippen molar-refractivity contribution in [2.45, 2.75) is 25.8 Å². The summed E-state index contributed by atoms with van der Waals surface area (Å²) in [5.41, 5.74) is 0.984. The van der Waals surface area contributed by atoms with Crippen LogP contribution in [0.15, 0.2) is 36.4 Å². The molecule has 118 valence electrons. The molecule has 1 aromatic rings. The second-order valence-electron chi connectivity index (χ2n) is 5.32. The molecule has 1 aliphatic carbocycles. The van der Waals surface area contributed by atoms with Gasteiger partial charge in [-0.1, -0.05) is 24.3 Å². The van der Waals surface area contributed by atoms with E-state index in [1.165, 1.54) is 0 Å². The number of nitrogens with one attached hydrogen (secondary N) is 2. The summed E-state index contributed by atoms with van der Waals surface area (Å²) >= 11 is 0. The molecule has 0 heterocycles. The first-order valence-electron chi connectivity index (χ1n) is 7.51. The highest BCUT2D eigenvalue weighted by Gasteiger charge is 2.18. The van der Waals surface area contributed by atoms with Crippen molar-refractivity contribution in [3.63, 3.8) is 0 Å². The Bertz CT molecular complexity index is 537. The van der Waals surface area contributed by atoms with E-state index in [0.29, 0.717) is 6.54 Å². The molecule has 2 amide bonds. The second kappa shape index (κ2) is 8.22. The van der Waals surface area contributed by atoms with Crippen molar-refractivity contribution in [2.24, 2.45) is 5.92 Å². The van der Waals surface area contributed by atoms with Crippen molar-refractivity contribution in [1.82, 2.24) is 10.6 Å². The van der Waals surface area contributed by atoms with Crippen LogP contribution in [0.3, 0.4) is 0 Å². The van der Waals surface area contributed by atoms with Crippen LogP contribution >= 0.6 is 0 Å². The molecular weight excluding hydrogens is 280 g/mol. The number of ether oxygens (including phenoxy) is 1. The van der Waals surface area contributed by atoms with Crippen molar-refractivity contribution in [1.29, 1.82) is 0 Å². The SMILES string of the molecule is COc1ccc(CNC(=O)CNC(=O)[C@H]2CC=CCC2)cc1. The number of amides is 2. The lowest BCUT2D eigenvalue weighted by Gasteiger charge is -2.17. The number of benzene rings is 1. The summed E-state index contributed by atoms with van der Waals surface area (Å²) in [4.78, 5) is 23.7. The van der Waals surface area contributed by atoms with Gasteiger partial charge in [0.05, 0.1) is 13.7 Å². The van der Waals surface area contributed by atoms with E-state index < -0.39 is 0 Å². The van der Waals surface area contributed by atoms with Crippen LogP contribution in [0, 0.1) is 5.92 Å². The topological polar surface area (TPSA) is 67.4 Å². The quantitative estimate of drug-likeness (QED) is 0.787. The molecule has 0 unspecified atom stereocenters. The molecule has 0 fully saturated rings. The van der Waals surface area contributed by atoms with E-state index in [0.717, 1.165) is 30.6 Å². The van der Waals surface area contributed by atoms with E-state index in [2.05, 4.69) is 16.7 Å². The zero-order chi connectivity index (χ0) is 15.8. The number of hydrogen-bond donors (Lipinski definition) is 2. The smallest absolute Gasteiger partial charge is 0.239 e. The lowest BCUT2D eigenvalue weighted by molar-refractivity contribution is -0.128. The van der Waals surface area contributed by atoms with Gasteiger partial charge in [-0.3, -0.25) is 9.59 Å². The van der Waals surface area contributed by atoms with Gasteiger partial charge in [-0.15, -0.1) is 0 Å². The number of carbonyl (C=O) groups is 2. The van der Waals surface area contributed by atoms with Gasteiger partial charge in [0.25, 0.3) is 0 Å². The van der Waals surface area contributed by atoms with Crippen molar-refractivity contribution in [2.75, 3.05) is 13.7 Å².